The zero-order valence-electron chi connectivity index (χ0n) is 9.88. The van der Waals surface area contributed by atoms with Crippen LogP contribution in [-0.4, -0.2) is 10.9 Å². The fourth-order valence-corrected chi connectivity index (χ4v) is 2.31. The highest BCUT2D eigenvalue weighted by Crippen LogP contribution is 2.28. The molecule has 5 N–H and O–H groups in total. The Kier molecular flexibility index (Phi) is 3.47. The van der Waals surface area contributed by atoms with E-state index in [-0.39, 0.29) is 6.04 Å². The van der Waals surface area contributed by atoms with Crippen LogP contribution in [0.15, 0.2) is 29.8 Å². The number of nitrogens with zero attached hydrogens (tertiary/aromatic N) is 1. The normalized spacial score (nSPS) is 12.1. The maximum Gasteiger partial charge on any atom is 0.250 e. The molecular weight excluding hydrogens is 248 g/mol. The Hall–Kier alpha value is -2.08. The number of para-hydroxylation sites is 1. The number of amides is 1. The highest BCUT2D eigenvalue weighted by atomic mass is 32.1. The topological polar surface area (TPSA) is 94.0 Å². The molecule has 2 aromatic rings. The molecule has 94 valence electrons. The zero-order chi connectivity index (χ0) is 13.1. The molecule has 0 aliphatic heterocycles. The van der Waals surface area contributed by atoms with Crippen molar-refractivity contribution in [3.8, 4) is 0 Å². The molecule has 0 saturated heterocycles. The molecule has 0 radical (unpaired) electrons. The van der Waals surface area contributed by atoms with Crippen LogP contribution in [0.25, 0.3) is 0 Å². The Morgan fingerprint density at radius 3 is 2.89 bits per heavy atom. The van der Waals surface area contributed by atoms with E-state index >= 15 is 0 Å². The van der Waals surface area contributed by atoms with Crippen molar-refractivity contribution in [2.75, 3.05) is 11.1 Å². The monoisotopic (exact) mass is 262 g/mol. The van der Waals surface area contributed by atoms with E-state index < -0.39 is 5.91 Å². The molecule has 1 aromatic carbocycles. The minimum Gasteiger partial charge on any atom is -0.397 e. The van der Waals surface area contributed by atoms with Crippen LogP contribution in [-0.2, 0) is 0 Å². The fraction of sp³-hybridized carbons (Fsp3) is 0.167. The summed E-state index contributed by atoms with van der Waals surface area (Å²) in [5.74, 6) is -0.504. The van der Waals surface area contributed by atoms with Crippen LogP contribution in [0.4, 0.5) is 11.4 Å². The van der Waals surface area contributed by atoms with Gasteiger partial charge in [-0.05, 0) is 19.1 Å². The van der Waals surface area contributed by atoms with E-state index in [2.05, 4.69) is 10.3 Å². The molecule has 0 bridgehead atoms. The maximum atomic E-state index is 11.4. The first-order chi connectivity index (χ1) is 8.59. The first-order valence-electron chi connectivity index (χ1n) is 5.44. The second kappa shape index (κ2) is 5.05. The van der Waals surface area contributed by atoms with Gasteiger partial charge in [0.05, 0.1) is 23.0 Å². The minimum atomic E-state index is -0.504. The lowest BCUT2D eigenvalue weighted by Gasteiger charge is -2.17. The van der Waals surface area contributed by atoms with Crippen molar-refractivity contribution in [2.24, 2.45) is 5.73 Å². The minimum absolute atomic E-state index is 0.0344. The van der Waals surface area contributed by atoms with Gasteiger partial charge in [-0.3, -0.25) is 4.79 Å². The Morgan fingerprint density at radius 2 is 2.28 bits per heavy atom. The van der Waals surface area contributed by atoms with Crippen molar-refractivity contribution >= 4 is 28.6 Å². The van der Waals surface area contributed by atoms with Crippen LogP contribution in [0.3, 0.4) is 0 Å². The average molecular weight is 262 g/mol. The molecular formula is C12H14N4OS. The lowest BCUT2D eigenvalue weighted by molar-refractivity contribution is 0.100. The van der Waals surface area contributed by atoms with Gasteiger partial charge in [-0.15, -0.1) is 11.3 Å². The van der Waals surface area contributed by atoms with E-state index in [1.54, 1.807) is 24.4 Å². The van der Waals surface area contributed by atoms with Gasteiger partial charge in [0.1, 0.15) is 5.01 Å². The smallest absolute Gasteiger partial charge is 0.250 e. The largest absolute Gasteiger partial charge is 0.397 e. The second-order valence-electron chi connectivity index (χ2n) is 3.87. The molecule has 1 unspecified atom stereocenters. The molecule has 2 rings (SSSR count). The van der Waals surface area contributed by atoms with Crippen LogP contribution in [0.5, 0.6) is 0 Å². The van der Waals surface area contributed by atoms with Crippen LogP contribution in [0, 0.1) is 0 Å². The van der Waals surface area contributed by atoms with Gasteiger partial charge in [0.2, 0.25) is 0 Å². The average Bonchev–Trinajstić information content (AvgIpc) is 2.85. The SMILES string of the molecule is CC(Nc1c(N)cccc1C(N)=O)c1nccs1. The molecule has 1 aromatic heterocycles. The summed E-state index contributed by atoms with van der Waals surface area (Å²) >= 11 is 1.54. The number of nitrogens with one attached hydrogen (secondary N) is 1. The van der Waals surface area contributed by atoms with Crippen molar-refractivity contribution in [1.29, 1.82) is 0 Å². The molecule has 6 heteroatoms. The van der Waals surface area contributed by atoms with Crippen LogP contribution in [0.2, 0.25) is 0 Å². The molecule has 0 aliphatic rings. The molecule has 0 fully saturated rings. The molecule has 0 saturated carbocycles. The van der Waals surface area contributed by atoms with Crippen molar-refractivity contribution in [3.05, 3.63) is 40.3 Å². The first-order valence-corrected chi connectivity index (χ1v) is 6.31. The van der Waals surface area contributed by atoms with Crippen molar-refractivity contribution in [1.82, 2.24) is 4.98 Å². The Labute approximate surface area is 109 Å². The predicted octanol–water partition coefficient (Wildman–Crippen LogP) is 2.00. The van der Waals surface area contributed by atoms with Crippen LogP contribution < -0.4 is 16.8 Å². The molecule has 0 aliphatic carbocycles. The van der Waals surface area contributed by atoms with E-state index in [4.69, 9.17) is 11.5 Å². The third-order valence-corrected chi connectivity index (χ3v) is 3.50. The third kappa shape index (κ3) is 2.43. The number of carbonyl (C=O) groups excluding carboxylic acids is 1. The number of hydrogen-bond acceptors (Lipinski definition) is 5. The number of nitrogen functional groups attached to an aromatic ring is 1. The van der Waals surface area contributed by atoms with E-state index in [1.807, 2.05) is 12.3 Å². The summed E-state index contributed by atoms with van der Waals surface area (Å²) in [5.41, 5.74) is 12.6. The van der Waals surface area contributed by atoms with Crippen molar-refractivity contribution in [2.45, 2.75) is 13.0 Å². The Bertz CT molecular complexity index is 553. The molecule has 0 spiro atoms. The highest BCUT2D eigenvalue weighted by Gasteiger charge is 2.15. The van der Waals surface area contributed by atoms with E-state index in [0.29, 0.717) is 16.9 Å². The van der Waals surface area contributed by atoms with Gasteiger partial charge in [0, 0.05) is 11.6 Å². The number of aromatic nitrogens is 1. The summed E-state index contributed by atoms with van der Waals surface area (Å²) in [6.07, 6.45) is 1.74. The number of nitrogens with two attached hydrogens (primary N) is 2. The maximum absolute atomic E-state index is 11.4. The first kappa shape index (κ1) is 12.4. The van der Waals surface area contributed by atoms with E-state index in [9.17, 15) is 4.79 Å². The van der Waals surface area contributed by atoms with Crippen LogP contribution >= 0.6 is 11.3 Å². The van der Waals surface area contributed by atoms with E-state index in [1.165, 1.54) is 11.3 Å². The number of hydrogen-bond donors (Lipinski definition) is 3. The number of rotatable bonds is 4. The zero-order valence-corrected chi connectivity index (χ0v) is 10.7. The molecule has 1 atom stereocenters. The predicted molar refractivity (Wildman–Crippen MR) is 73.5 cm³/mol. The lowest BCUT2D eigenvalue weighted by Crippen LogP contribution is -2.17. The number of thiazole rings is 1. The van der Waals surface area contributed by atoms with E-state index in [0.717, 1.165) is 5.01 Å². The lowest BCUT2D eigenvalue weighted by atomic mass is 10.1. The van der Waals surface area contributed by atoms with Gasteiger partial charge in [-0.25, -0.2) is 4.98 Å². The van der Waals surface area contributed by atoms with Gasteiger partial charge in [0.15, 0.2) is 0 Å². The second-order valence-corrected chi connectivity index (χ2v) is 4.80. The van der Waals surface area contributed by atoms with Crippen LogP contribution in [0.1, 0.15) is 28.3 Å². The summed E-state index contributed by atoms with van der Waals surface area (Å²) in [4.78, 5) is 15.6. The summed E-state index contributed by atoms with van der Waals surface area (Å²) in [5, 5.41) is 6.01. The number of primary amides is 1. The van der Waals surface area contributed by atoms with Gasteiger partial charge in [0.25, 0.3) is 5.91 Å². The van der Waals surface area contributed by atoms with Gasteiger partial charge in [-0.1, -0.05) is 6.07 Å². The Balaban J connectivity index is 2.31. The summed E-state index contributed by atoms with van der Waals surface area (Å²) in [6.45, 7) is 1.95. The van der Waals surface area contributed by atoms with Gasteiger partial charge >= 0.3 is 0 Å². The quantitative estimate of drug-likeness (QED) is 0.734. The molecule has 5 nitrogen and oxygen atoms in total. The number of carbonyl (C=O) groups is 1. The molecule has 1 heterocycles. The standard InChI is InChI=1S/C12H14N4OS/c1-7(12-15-5-6-18-12)16-10-8(11(14)17)3-2-4-9(10)13/h2-7,16H,13H2,1H3,(H2,14,17). The number of benzene rings is 1. The highest BCUT2D eigenvalue weighted by molar-refractivity contribution is 7.09. The van der Waals surface area contributed by atoms with Crippen molar-refractivity contribution in [3.63, 3.8) is 0 Å². The fourth-order valence-electron chi connectivity index (χ4n) is 1.66. The molecule has 18 heavy (non-hydrogen) atoms. The van der Waals surface area contributed by atoms with Crippen molar-refractivity contribution < 1.29 is 4.79 Å². The van der Waals surface area contributed by atoms with Gasteiger partial charge < -0.3 is 16.8 Å². The summed E-state index contributed by atoms with van der Waals surface area (Å²) < 4.78 is 0. The summed E-state index contributed by atoms with van der Waals surface area (Å²) in [6, 6.07) is 5.04. The van der Waals surface area contributed by atoms with Gasteiger partial charge in [-0.2, -0.15) is 0 Å². The summed E-state index contributed by atoms with van der Waals surface area (Å²) in [7, 11) is 0. The Morgan fingerprint density at radius 1 is 1.50 bits per heavy atom. The molecule has 1 amide bonds. The number of anilines is 2. The third-order valence-electron chi connectivity index (χ3n) is 2.54.